The lowest BCUT2D eigenvalue weighted by Crippen LogP contribution is -2.21. The van der Waals surface area contributed by atoms with Crippen molar-refractivity contribution in [2.75, 3.05) is 20.0 Å². The van der Waals surface area contributed by atoms with Crippen LogP contribution in [0.5, 0.6) is 11.5 Å². The van der Waals surface area contributed by atoms with E-state index in [2.05, 4.69) is 20.7 Å². The van der Waals surface area contributed by atoms with Crippen molar-refractivity contribution >= 4 is 23.4 Å². The van der Waals surface area contributed by atoms with Crippen LogP contribution in [0, 0.1) is 6.92 Å². The van der Waals surface area contributed by atoms with Gasteiger partial charge in [-0.25, -0.2) is 5.43 Å². The minimum Gasteiger partial charge on any atom is -0.497 e. The summed E-state index contributed by atoms with van der Waals surface area (Å²) in [6.07, 6.45) is 0. The van der Waals surface area contributed by atoms with Crippen LogP contribution in [0.25, 0.3) is 17.1 Å². The van der Waals surface area contributed by atoms with Crippen molar-refractivity contribution in [3.8, 4) is 28.6 Å². The van der Waals surface area contributed by atoms with Gasteiger partial charge in [-0.2, -0.15) is 5.10 Å². The molecule has 1 heterocycles. The normalized spacial score (nSPS) is 11.3. The topological polar surface area (TPSA) is 90.6 Å². The maximum absolute atomic E-state index is 12.6. The molecule has 0 bridgehead atoms. The van der Waals surface area contributed by atoms with E-state index >= 15 is 0 Å². The van der Waals surface area contributed by atoms with Crippen molar-refractivity contribution in [1.29, 1.82) is 0 Å². The fourth-order valence-electron chi connectivity index (χ4n) is 3.42. The molecular weight excluding hydrogens is 474 g/mol. The van der Waals surface area contributed by atoms with Crippen LogP contribution in [0.2, 0.25) is 0 Å². The van der Waals surface area contributed by atoms with Crippen LogP contribution in [0.3, 0.4) is 0 Å². The van der Waals surface area contributed by atoms with Gasteiger partial charge < -0.3 is 9.47 Å². The summed E-state index contributed by atoms with van der Waals surface area (Å²) in [6.45, 7) is 3.87. The molecule has 3 aromatic carbocycles. The van der Waals surface area contributed by atoms with E-state index in [0.717, 1.165) is 33.9 Å². The molecule has 36 heavy (non-hydrogen) atoms. The highest BCUT2D eigenvalue weighted by Crippen LogP contribution is 2.29. The van der Waals surface area contributed by atoms with Gasteiger partial charge in [-0.1, -0.05) is 29.5 Å². The molecule has 4 rings (SSSR count). The SMILES string of the molecule is COc1ccc(/C(C)=N/NC(=O)CSc2nnc(-c3ccc(OC)cc3)n2-c2ccc(C)cc2)cc1. The Balaban J connectivity index is 1.51. The summed E-state index contributed by atoms with van der Waals surface area (Å²) < 4.78 is 12.4. The first kappa shape index (κ1) is 25.0. The Morgan fingerprint density at radius 2 is 1.53 bits per heavy atom. The zero-order valence-corrected chi connectivity index (χ0v) is 21.4. The Labute approximate surface area is 214 Å². The number of hydrazone groups is 1. The largest absolute Gasteiger partial charge is 0.497 e. The first-order chi connectivity index (χ1) is 17.5. The summed E-state index contributed by atoms with van der Waals surface area (Å²) in [5, 5.41) is 13.6. The highest BCUT2D eigenvalue weighted by molar-refractivity contribution is 7.99. The van der Waals surface area contributed by atoms with Crippen LogP contribution in [-0.4, -0.2) is 46.4 Å². The highest BCUT2D eigenvalue weighted by atomic mass is 32.2. The number of hydrogen-bond acceptors (Lipinski definition) is 7. The molecule has 1 aromatic heterocycles. The van der Waals surface area contributed by atoms with Crippen molar-refractivity contribution in [3.05, 3.63) is 83.9 Å². The molecule has 0 radical (unpaired) electrons. The highest BCUT2D eigenvalue weighted by Gasteiger charge is 2.17. The number of carbonyl (C=O) groups excluding carboxylic acids is 1. The van der Waals surface area contributed by atoms with E-state index in [1.807, 2.05) is 91.2 Å². The van der Waals surface area contributed by atoms with E-state index in [0.29, 0.717) is 16.7 Å². The molecule has 1 amide bonds. The van der Waals surface area contributed by atoms with Crippen LogP contribution >= 0.6 is 11.8 Å². The number of thioether (sulfide) groups is 1. The second kappa shape index (κ2) is 11.5. The molecule has 0 atom stereocenters. The number of benzene rings is 3. The van der Waals surface area contributed by atoms with E-state index < -0.39 is 0 Å². The lowest BCUT2D eigenvalue weighted by molar-refractivity contribution is -0.118. The van der Waals surface area contributed by atoms with E-state index in [1.165, 1.54) is 11.8 Å². The maximum atomic E-state index is 12.6. The summed E-state index contributed by atoms with van der Waals surface area (Å²) in [5.41, 5.74) is 7.16. The molecule has 9 heteroatoms. The lowest BCUT2D eigenvalue weighted by atomic mass is 10.1. The summed E-state index contributed by atoms with van der Waals surface area (Å²) in [5.74, 6) is 2.09. The van der Waals surface area contributed by atoms with Gasteiger partial charge in [0.05, 0.1) is 25.7 Å². The number of aryl methyl sites for hydroxylation is 1. The smallest absolute Gasteiger partial charge is 0.250 e. The monoisotopic (exact) mass is 501 g/mol. The van der Waals surface area contributed by atoms with E-state index in [1.54, 1.807) is 14.2 Å². The Hall–Kier alpha value is -4.11. The van der Waals surface area contributed by atoms with E-state index in [9.17, 15) is 4.79 Å². The number of ether oxygens (including phenoxy) is 2. The number of nitrogens with one attached hydrogen (secondary N) is 1. The molecule has 0 saturated carbocycles. The Bertz CT molecular complexity index is 1350. The standard InChI is InChI=1S/C27H27N5O3S/c1-18-5-11-22(12-6-18)32-26(21-9-15-24(35-4)16-10-21)30-31-27(32)36-17-25(33)29-28-19(2)20-7-13-23(34-3)14-8-20/h5-16H,17H2,1-4H3,(H,29,33)/b28-19+. The quantitative estimate of drug-likeness (QED) is 0.199. The Morgan fingerprint density at radius 3 is 2.14 bits per heavy atom. The van der Waals surface area contributed by atoms with Gasteiger partial charge in [0.1, 0.15) is 11.5 Å². The van der Waals surface area contributed by atoms with Gasteiger partial charge in [0, 0.05) is 11.3 Å². The van der Waals surface area contributed by atoms with Gasteiger partial charge in [-0.05, 0) is 80.1 Å². The second-order valence-corrected chi connectivity index (χ2v) is 8.90. The summed E-state index contributed by atoms with van der Waals surface area (Å²) in [7, 11) is 3.25. The minimum atomic E-state index is -0.239. The first-order valence-corrected chi connectivity index (χ1v) is 12.2. The van der Waals surface area contributed by atoms with Crippen molar-refractivity contribution in [3.63, 3.8) is 0 Å². The molecule has 0 unspecified atom stereocenters. The molecule has 0 spiro atoms. The van der Waals surface area contributed by atoms with Crippen molar-refractivity contribution < 1.29 is 14.3 Å². The predicted octanol–water partition coefficient (Wildman–Crippen LogP) is 4.89. The molecule has 0 fully saturated rings. The van der Waals surface area contributed by atoms with Crippen LogP contribution in [0.1, 0.15) is 18.1 Å². The average Bonchev–Trinajstić information content (AvgIpc) is 3.35. The molecule has 4 aromatic rings. The number of carbonyl (C=O) groups is 1. The van der Waals surface area contributed by atoms with Crippen LogP contribution in [-0.2, 0) is 4.79 Å². The van der Waals surface area contributed by atoms with Gasteiger partial charge in [-0.15, -0.1) is 10.2 Å². The van der Waals surface area contributed by atoms with Crippen molar-refractivity contribution in [2.45, 2.75) is 19.0 Å². The molecule has 1 N–H and O–H groups in total. The van der Waals surface area contributed by atoms with Gasteiger partial charge in [0.25, 0.3) is 5.91 Å². The summed E-state index contributed by atoms with van der Waals surface area (Å²) in [4.78, 5) is 12.6. The number of methoxy groups -OCH3 is 2. The maximum Gasteiger partial charge on any atom is 0.250 e. The Morgan fingerprint density at radius 1 is 0.917 bits per heavy atom. The molecule has 8 nitrogen and oxygen atoms in total. The number of amides is 1. The zero-order chi connectivity index (χ0) is 25.5. The number of nitrogens with zero attached hydrogens (tertiary/aromatic N) is 4. The second-order valence-electron chi connectivity index (χ2n) is 7.96. The van der Waals surface area contributed by atoms with Gasteiger partial charge in [0.2, 0.25) is 0 Å². The van der Waals surface area contributed by atoms with Gasteiger partial charge in [0.15, 0.2) is 11.0 Å². The average molecular weight is 502 g/mol. The fourth-order valence-corrected chi connectivity index (χ4v) is 4.17. The lowest BCUT2D eigenvalue weighted by Gasteiger charge is -2.11. The number of hydrogen-bond donors (Lipinski definition) is 1. The van der Waals surface area contributed by atoms with Gasteiger partial charge in [-0.3, -0.25) is 9.36 Å². The third-order valence-electron chi connectivity index (χ3n) is 5.46. The number of aromatic nitrogens is 3. The third-order valence-corrected chi connectivity index (χ3v) is 6.39. The summed E-state index contributed by atoms with van der Waals surface area (Å²) in [6, 6.07) is 23.2. The van der Waals surface area contributed by atoms with Crippen LogP contribution in [0.15, 0.2) is 83.1 Å². The summed E-state index contributed by atoms with van der Waals surface area (Å²) >= 11 is 1.30. The van der Waals surface area contributed by atoms with Crippen LogP contribution in [0.4, 0.5) is 0 Å². The van der Waals surface area contributed by atoms with Crippen LogP contribution < -0.4 is 14.9 Å². The number of rotatable bonds is 9. The van der Waals surface area contributed by atoms with Crippen molar-refractivity contribution in [2.24, 2.45) is 5.10 Å². The fraction of sp³-hybridized carbons (Fsp3) is 0.185. The van der Waals surface area contributed by atoms with E-state index in [-0.39, 0.29) is 11.7 Å². The van der Waals surface area contributed by atoms with Crippen molar-refractivity contribution in [1.82, 2.24) is 20.2 Å². The first-order valence-electron chi connectivity index (χ1n) is 11.3. The van der Waals surface area contributed by atoms with E-state index in [4.69, 9.17) is 9.47 Å². The molecule has 0 saturated heterocycles. The molecule has 184 valence electrons. The molecule has 0 aliphatic carbocycles. The predicted molar refractivity (Wildman–Crippen MR) is 142 cm³/mol. The molecule has 0 aliphatic heterocycles. The molecule has 0 aliphatic rings. The third kappa shape index (κ3) is 5.92. The minimum absolute atomic E-state index is 0.131. The van der Waals surface area contributed by atoms with Gasteiger partial charge >= 0.3 is 0 Å². The molecular formula is C27H27N5O3S. The zero-order valence-electron chi connectivity index (χ0n) is 20.6. The Kier molecular flexibility index (Phi) is 8.02.